The number of rotatable bonds is 3. The number of methoxy groups -OCH3 is 1. The Morgan fingerprint density at radius 1 is 1.41 bits per heavy atom. The van der Waals surface area contributed by atoms with Crippen molar-refractivity contribution in [1.82, 2.24) is 4.90 Å². The first-order chi connectivity index (χ1) is 8.00. The number of hydrogen-bond donors (Lipinski definition) is 0. The monoisotopic (exact) mass is 297 g/mol. The van der Waals surface area contributed by atoms with Gasteiger partial charge in [0.2, 0.25) is 0 Å². The minimum absolute atomic E-state index is 0.464. The predicted molar refractivity (Wildman–Crippen MR) is 74.4 cm³/mol. The van der Waals surface area contributed by atoms with Crippen molar-refractivity contribution in [3.63, 3.8) is 0 Å². The first-order valence-electron chi connectivity index (χ1n) is 6.05. The van der Waals surface area contributed by atoms with Gasteiger partial charge in [-0.05, 0) is 42.1 Å². The molecular weight excluding hydrogens is 278 g/mol. The molecule has 0 aliphatic carbocycles. The largest absolute Gasteiger partial charge is 0.497 e. The minimum Gasteiger partial charge on any atom is -0.497 e. The standard InChI is InChI=1S/C14H20BrNO/c1-14(2)6-7-16(10-14)9-11-8-12(17-3)4-5-13(11)15/h4-5,8H,6-7,9-10H2,1-3H3. The van der Waals surface area contributed by atoms with Crippen LogP contribution in [0.25, 0.3) is 0 Å². The van der Waals surface area contributed by atoms with Gasteiger partial charge in [0.15, 0.2) is 0 Å². The lowest BCUT2D eigenvalue weighted by Crippen LogP contribution is -2.23. The van der Waals surface area contributed by atoms with Crippen LogP contribution in [0.2, 0.25) is 0 Å². The van der Waals surface area contributed by atoms with Crippen molar-refractivity contribution in [2.24, 2.45) is 5.41 Å². The minimum atomic E-state index is 0.464. The molecule has 3 heteroatoms. The Hall–Kier alpha value is -0.540. The summed E-state index contributed by atoms with van der Waals surface area (Å²) in [6.07, 6.45) is 1.29. The van der Waals surface area contributed by atoms with Crippen molar-refractivity contribution < 1.29 is 4.74 Å². The molecular formula is C14H20BrNO. The first-order valence-corrected chi connectivity index (χ1v) is 6.84. The summed E-state index contributed by atoms with van der Waals surface area (Å²) in [6, 6.07) is 6.17. The Morgan fingerprint density at radius 3 is 2.76 bits per heavy atom. The zero-order valence-corrected chi connectivity index (χ0v) is 12.4. The molecule has 2 nitrogen and oxygen atoms in total. The van der Waals surface area contributed by atoms with Crippen molar-refractivity contribution in [3.05, 3.63) is 28.2 Å². The number of benzene rings is 1. The molecule has 1 aromatic carbocycles. The third kappa shape index (κ3) is 3.23. The van der Waals surface area contributed by atoms with E-state index in [-0.39, 0.29) is 0 Å². The zero-order chi connectivity index (χ0) is 12.5. The van der Waals surface area contributed by atoms with Gasteiger partial charge in [0.05, 0.1) is 7.11 Å². The van der Waals surface area contributed by atoms with E-state index in [2.05, 4.69) is 46.8 Å². The summed E-state index contributed by atoms with van der Waals surface area (Å²) >= 11 is 3.61. The molecule has 1 fully saturated rings. The van der Waals surface area contributed by atoms with E-state index < -0.39 is 0 Å². The molecule has 1 saturated heterocycles. The molecule has 0 atom stereocenters. The number of halogens is 1. The van der Waals surface area contributed by atoms with Crippen molar-refractivity contribution >= 4 is 15.9 Å². The third-order valence-corrected chi connectivity index (χ3v) is 4.18. The predicted octanol–water partition coefficient (Wildman–Crippen LogP) is 3.69. The Morgan fingerprint density at radius 2 is 2.18 bits per heavy atom. The Kier molecular flexibility index (Phi) is 3.79. The van der Waals surface area contributed by atoms with Gasteiger partial charge in [-0.25, -0.2) is 0 Å². The van der Waals surface area contributed by atoms with E-state index in [0.29, 0.717) is 5.41 Å². The fraction of sp³-hybridized carbons (Fsp3) is 0.571. The fourth-order valence-corrected chi connectivity index (χ4v) is 2.77. The maximum Gasteiger partial charge on any atom is 0.119 e. The third-order valence-electron chi connectivity index (χ3n) is 3.40. The number of nitrogens with zero attached hydrogens (tertiary/aromatic N) is 1. The van der Waals surface area contributed by atoms with Gasteiger partial charge in [0, 0.05) is 17.6 Å². The second-order valence-electron chi connectivity index (χ2n) is 5.58. The molecule has 0 bridgehead atoms. The molecule has 0 N–H and O–H groups in total. The van der Waals surface area contributed by atoms with Gasteiger partial charge in [-0.3, -0.25) is 4.90 Å². The summed E-state index contributed by atoms with van der Waals surface area (Å²) in [6.45, 7) is 8.05. The normalized spacial score (nSPS) is 19.5. The van der Waals surface area contributed by atoms with Gasteiger partial charge in [0.1, 0.15) is 5.75 Å². The summed E-state index contributed by atoms with van der Waals surface area (Å²) in [7, 11) is 1.71. The van der Waals surface area contributed by atoms with E-state index in [4.69, 9.17) is 4.74 Å². The Balaban J connectivity index is 2.08. The van der Waals surface area contributed by atoms with Crippen LogP contribution in [0.1, 0.15) is 25.8 Å². The van der Waals surface area contributed by atoms with Crippen LogP contribution in [0, 0.1) is 5.41 Å². The van der Waals surface area contributed by atoms with E-state index in [0.717, 1.165) is 12.3 Å². The molecule has 0 radical (unpaired) electrons. The van der Waals surface area contributed by atoms with Crippen molar-refractivity contribution in [3.8, 4) is 5.75 Å². The Labute approximate surface area is 112 Å². The van der Waals surface area contributed by atoms with E-state index in [9.17, 15) is 0 Å². The SMILES string of the molecule is COc1ccc(Br)c(CN2CCC(C)(C)C2)c1. The summed E-state index contributed by atoms with van der Waals surface area (Å²) < 4.78 is 6.45. The number of ether oxygens (including phenoxy) is 1. The van der Waals surface area contributed by atoms with E-state index in [1.54, 1.807) is 7.11 Å². The van der Waals surface area contributed by atoms with Crippen LogP contribution in [0.4, 0.5) is 0 Å². The first kappa shape index (κ1) is 12.9. The highest BCUT2D eigenvalue weighted by molar-refractivity contribution is 9.10. The molecule has 1 aromatic rings. The molecule has 1 heterocycles. The average molecular weight is 298 g/mol. The van der Waals surface area contributed by atoms with Crippen molar-refractivity contribution in [2.45, 2.75) is 26.8 Å². The maximum atomic E-state index is 5.28. The zero-order valence-electron chi connectivity index (χ0n) is 10.8. The second-order valence-corrected chi connectivity index (χ2v) is 6.44. The highest BCUT2D eigenvalue weighted by atomic mass is 79.9. The van der Waals surface area contributed by atoms with Crippen LogP contribution in [0.15, 0.2) is 22.7 Å². The summed E-state index contributed by atoms with van der Waals surface area (Å²) in [5.41, 5.74) is 1.77. The van der Waals surface area contributed by atoms with Gasteiger partial charge in [-0.1, -0.05) is 29.8 Å². The smallest absolute Gasteiger partial charge is 0.119 e. The second kappa shape index (κ2) is 4.99. The lowest BCUT2D eigenvalue weighted by molar-refractivity contribution is 0.283. The van der Waals surface area contributed by atoms with Gasteiger partial charge in [0.25, 0.3) is 0 Å². The summed E-state index contributed by atoms with van der Waals surface area (Å²) in [5, 5.41) is 0. The van der Waals surface area contributed by atoms with Crippen molar-refractivity contribution in [1.29, 1.82) is 0 Å². The lowest BCUT2D eigenvalue weighted by Gasteiger charge is -2.20. The number of hydrogen-bond acceptors (Lipinski definition) is 2. The Bertz CT molecular complexity index is 403. The molecule has 1 aliphatic rings. The lowest BCUT2D eigenvalue weighted by atomic mass is 9.93. The topological polar surface area (TPSA) is 12.5 Å². The highest BCUT2D eigenvalue weighted by Crippen LogP contribution is 2.31. The van der Waals surface area contributed by atoms with E-state index in [1.807, 2.05) is 6.07 Å². The van der Waals surface area contributed by atoms with E-state index in [1.165, 1.54) is 29.5 Å². The molecule has 17 heavy (non-hydrogen) atoms. The molecule has 0 spiro atoms. The molecule has 0 amide bonds. The van der Waals surface area contributed by atoms with Gasteiger partial charge in [-0.2, -0.15) is 0 Å². The number of likely N-dealkylation sites (tertiary alicyclic amines) is 1. The highest BCUT2D eigenvalue weighted by Gasteiger charge is 2.29. The van der Waals surface area contributed by atoms with Crippen LogP contribution in [0.3, 0.4) is 0 Å². The fourth-order valence-electron chi connectivity index (χ4n) is 2.40. The summed E-state index contributed by atoms with van der Waals surface area (Å²) in [5.74, 6) is 0.932. The molecule has 1 aliphatic heterocycles. The van der Waals surface area contributed by atoms with Crippen LogP contribution < -0.4 is 4.74 Å². The average Bonchev–Trinajstić information content (AvgIpc) is 2.61. The maximum absolute atomic E-state index is 5.28. The van der Waals surface area contributed by atoms with Crippen LogP contribution in [0.5, 0.6) is 5.75 Å². The van der Waals surface area contributed by atoms with Crippen LogP contribution >= 0.6 is 15.9 Å². The molecule has 94 valence electrons. The summed E-state index contributed by atoms with van der Waals surface area (Å²) in [4.78, 5) is 2.51. The molecule has 0 aromatic heterocycles. The van der Waals surface area contributed by atoms with Crippen LogP contribution in [-0.2, 0) is 6.54 Å². The molecule has 0 unspecified atom stereocenters. The van der Waals surface area contributed by atoms with E-state index >= 15 is 0 Å². The van der Waals surface area contributed by atoms with Gasteiger partial charge < -0.3 is 4.74 Å². The molecule has 0 saturated carbocycles. The van der Waals surface area contributed by atoms with Crippen LogP contribution in [-0.4, -0.2) is 25.1 Å². The van der Waals surface area contributed by atoms with Gasteiger partial charge in [-0.15, -0.1) is 0 Å². The quantitative estimate of drug-likeness (QED) is 0.844. The van der Waals surface area contributed by atoms with Gasteiger partial charge >= 0.3 is 0 Å². The van der Waals surface area contributed by atoms with Crippen molar-refractivity contribution in [2.75, 3.05) is 20.2 Å². The molecule has 2 rings (SSSR count).